The van der Waals surface area contributed by atoms with Gasteiger partial charge in [-0.2, -0.15) is 0 Å². The number of rotatable bonds is 3. The van der Waals surface area contributed by atoms with Gasteiger partial charge >= 0.3 is 0 Å². The minimum atomic E-state index is -0.641. The maximum absolute atomic E-state index is 13.0. The molecule has 0 aliphatic heterocycles. The molecule has 0 bridgehead atoms. The number of hydrogen-bond acceptors (Lipinski definition) is 3. The highest BCUT2D eigenvalue weighted by Gasteiger charge is 2.16. The van der Waals surface area contributed by atoms with E-state index in [1.54, 1.807) is 13.0 Å². The van der Waals surface area contributed by atoms with Gasteiger partial charge in [-0.1, -0.05) is 6.07 Å². The molecule has 1 rings (SSSR count). The van der Waals surface area contributed by atoms with E-state index >= 15 is 0 Å². The Balaban J connectivity index is 3.11. The van der Waals surface area contributed by atoms with Gasteiger partial charge < -0.3 is 16.6 Å². The molecular formula is C10H15FN2O. The zero-order valence-electron chi connectivity index (χ0n) is 8.13. The van der Waals surface area contributed by atoms with E-state index in [0.717, 1.165) is 5.56 Å². The lowest BCUT2D eigenvalue weighted by Crippen LogP contribution is -2.16. The largest absolute Gasteiger partial charge is 0.505 e. The standard InChI is InChI=1S/C10H15FN2O/c1-6-2-3-7(11)10(14)9(6)8(13)4-5-12/h2-3,8,14H,4-5,12-13H2,1H3/t8-/m0/s1. The predicted molar refractivity (Wildman–Crippen MR) is 53.4 cm³/mol. The van der Waals surface area contributed by atoms with Crippen molar-refractivity contribution in [3.63, 3.8) is 0 Å². The molecule has 0 radical (unpaired) electrons. The van der Waals surface area contributed by atoms with Crippen molar-refractivity contribution >= 4 is 0 Å². The van der Waals surface area contributed by atoms with Crippen LogP contribution in [0.15, 0.2) is 12.1 Å². The second-order valence-electron chi connectivity index (χ2n) is 3.31. The van der Waals surface area contributed by atoms with Gasteiger partial charge in [0.15, 0.2) is 11.6 Å². The van der Waals surface area contributed by atoms with Gasteiger partial charge in [-0.05, 0) is 31.5 Å². The van der Waals surface area contributed by atoms with Gasteiger partial charge in [0.25, 0.3) is 0 Å². The third-order valence-electron chi connectivity index (χ3n) is 2.23. The molecule has 78 valence electrons. The summed E-state index contributed by atoms with van der Waals surface area (Å²) in [5, 5.41) is 9.48. The van der Waals surface area contributed by atoms with E-state index in [0.29, 0.717) is 18.5 Å². The monoisotopic (exact) mass is 198 g/mol. The van der Waals surface area contributed by atoms with Gasteiger partial charge in [-0.3, -0.25) is 0 Å². The molecule has 0 amide bonds. The van der Waals surface area contributed by atoms with Crippen LogP contribution in [0.25, 0.3) is 0 Å². The highest BCUT2D eigenvalue weighted by Crippen LogP contribution is 2.30. The van der Waals surface area contributed by atoms with Crippen molar-refractivity contribution in [1.29, 1.82) is 0 Å². The van der Waals surface area contributed by atoms with Crippen LogP contribution in [0.4, 0.5) is 4.39 Å². The van der Waals surface area contributed by atoms with Gasteiger partial charge in [0.2, 0.25) is 0 Å². The molecule has 0 saturated heterocycles. The maximum Gasteiger partial charge on any atom is 0.165 e. The van der Waals surface area contributed by atoms with Crippen molar-refractivity contribution in [2.45, 2.75) is 19.4 Å². The molecule has 0 unspecified atom stereocenters. The van der Waals surface area contributed by atoms with Crippen molar-refractivity contribution in [3.8, 4) is 5.75 Å². The Morgan fingerprint density at radius 2 is 2.14 bits per heavy atom. The van der Waals surface area contributed by atoms with Crippen molar-refractivity contribution in [2.75, 3.05) is 6.54 Å². The number of benzene rings is 1. The smallest absolute Gasteiger partial charge is 0.165 e. The van der Waals surface area contributed by atoms with Crippen molar-refractivity contribution in [3.05, 3.63) is 29.1 Å². The van der Waals surface area contributed by atoms with Crippen molar-refractivity contribution < 1.29 is 9.50 Å². The van der Waals surface area contributed by atoms with Gasteiger partial charge in [0, 0.05) is 11.6 Å². The molecule has 14 heavy (non-hydrogen) atoms. The molecule has 3 nitrogen and oxygen atoms in total. The van der Waals surface area contributed by atoms with Crippen LogP contribution in [0.2, 0.25) is 0 Å². The van der Waals surface area contributed by atoms with E-state index in [1.807, 2.05) is 0 Å². The maximum atomic E-state index is 13.0. The summed E-state index contributed by atoms with van der Waals surface area (Å²) in [6, 6.07) is 2.42. The normalized spacial score (nSPS) is 12.9. The first-order valence-corrected chi connectivity index (χ1v) is 4.51. The molecule has 1 aromatic carbocycles. The summed E-state index contributed by atoms with van der Waals surface area (Å²) in [5.41, 5.74) is 12.4. The lowest BCUT2D eigenvalue weighted by atomic mass is 9.98. The number of nitrogens with two attached hydrogens (primary N) is 2. The fourth-order valence-electron chi connectivity index (χ4n) is 1.47. The van der Waals surface area contributed by atoms with E-state index in [9.17, 15) is 9.50 Å². The van der Waals surface area contributed by atoms with Gasteiger partial charge in [0.05, 0.1) is 0 Å². The van der Waals surface area contributed by atoms with Crippen LogP contribution in [-0.2, 0) is 0 Å². The van der Waals surface area contributed by atoms with Gasteiger partial charge in [-0.25, -0.2) is 4.39 Å². The third kappa shape index (κ3) is 2.02. The molecule has 0 fully saturated rings. The van der Waals surface area contributed by atoms with Crippen molar-refractivity contribution in [2.24, 2.45) is 11.5 Å². The summed E-state index contributed by atoms with van der Waals surface area (Å²) < 4.78 is 13.0. The number of phenolic OH excluding ortho intramolecular Hbond substituents is 1. The summed E-state index contributed by atoms with van der Waals surface area (Å²) in [6.45, 7) is 2.20. The van der Waals surface area contributed by atoms with Gasteiger partial charge in [-0.15, -0.1) is 0 Å². The second-order valence-corrected chi connectivity index (χ2v) is 3.31. The molecular weight excluding hydrogens is 183 g/mol. The first-order chi connectivity index (χ1) is 6.57. The molecule has 5 N–H and O–H groups in total. The minimum absolute atomic E-state index is 0.356. The van der Waals surface area contributed by atoms with Gasteiger partial charge in [0.1, 0.15) is 0 Å². The topological polar surface area (TPSA) is 72.3 Å². The summed E-state index contributed by atoms with van der Waals surface area (Å²) >= 11 is 0. The first-order valence-electron chi connectivity index (χ1n) is 4.51. The van der Waals surface area contributed by atoms with Crippen LogP contribution < -0.4 is 11.5 Å². The van der Waals surface area contributed by atoms with Crippen LogP contribution in [0.3, 0.4) is 0 Å². The van der Waals surface area contributed by atoms with Crippen LogP contribution in [0, 0.1) is 12.7 Å². The number of aryl methyl sites for hydroxylation is 1. The second kappa shape index (κ2) is 4.39. The van der Waals surface area contributed by atoms with Crippen LogP contribution in [0.5, 0.6) is 5.75 Å². The molecule has 0 aromatic heterocycles. The Morgan fingerprint density at radius 3 is 2.71 bits per heavy atom. The van der Waals surface area contributed by atoms with E-state index in [4.69, 9.17) is 11.5 Å². The Bertz CT molecular complexity index is 328. The quantitative estimate of drug-likeness (QED) is 0.683. The summed E-state index contributed by atoms with van der Waals surface area (Å²) in [7, 11) is 0. The zero-order valence-corrected chi connectivity index (χ0v) is 8.13. The Kier molecular flexibility index (Phi) is 3.43. The number of phenols is 1. The lowest BCUT2D eigenvalue weighted by molar-refractivity contribution is 0.418. The third-order valence-corrected chi connectivity index (χ3v) is 2.23. The van der Waals surface area contributed by atoms with Crippen LogP contribution in [0.1, 0.15) is 23.6 Å². The Hall–Kier alpha value is -1.13. The van der Waals surface area contributed by atoms with Crippen LogP contribution >= 0.6 is 0 Å². The first kappa shape index (κ1) is 10.9. The average Bonchev–Trinajstić information content (AvgIpc) is 2.13. The average molecular weight is 198 g/mol. The molecule has 4 heteroatoms. The molecule has 1 aromatic rings. The molecule has 0 saturated carbocycles. The minimum Gasteiger partial charge on any atom is -0.505 e. The van der Waals surface area contributed by atoms with E-state index < -0.39 is 11.9 Å². The SMILES string of the molecule is Cc1ccc(F)c(O)c1[C@@H](N)CCN. The summed E-state index contributed by atoms with van der Waals surface area (Å²) in [6.07, 6.45) is 0.526. The Labute approximate surface area is 82.5 Å². The molecule has 0 spiro atoms. The molecule has 0 aliphatic rings. The van der Waals surface area contributed by atoms with E-state index in [2.05, 4.69) is 0 Å². The zero-order chi connectivity index (χ0) is 10.7. The highest BCUT2D eigenvalue weighted by atomic mass is 19.1. The fourth-order valence-corrected chi connectivity index (χ4v) is 1.47. The van der Waals surface area contributed by atoms with Crippen LogP contribution in [-0.4, -0.2) is 11.7 Å². The molecule has 0 aliphatic carbocycles. The molecule has 1 atom stereocenters. The summed E-state index contributed by atoms with van der Waals surface area (Å²) in [5.74, 6) is -0.996. The summed E-state index contributed by atoms with van der Waals surface area (Å²) in [4.78, 5) is 0. The Morgan fingerprint density at radius 1 is 1.50 bits per heavy atom. The lowest BCUT2D eigenvalue weighted by Gasteiger charge is -2.15. The predicted octanol–water partition coefficient (Wildman–Crippen LogP) is 1.19. The highest BCUT2D eigenvalue weighted by molar-refractivity contribution is 5.41. The molecule has 0 heterocycles. The number of halogens is 1. The van der Waals surface area contributed by atoms with E-state index in [-0.39, 0.29) is 5.75 Å². The number of hydrogen-bond donors (Lipinski definition) is 3. The van der Waals surface area contributed by atoms with E-state index in [1.165, 1.54) is 6.07 Å². The number of aromatic hydroxyl groups is 1. The fraction of sp³-hybridized carbons (Fsp3) is 0.400. The van der Waals surface area contributed by atoms with Crippen molar-refractivity contribution in [1.82, 2.24) is 0 Å².